The molecule has 0 saturated carbocycles. The van der Waals surface area contributed by atoms with Gasteiger partial charge in [-0.05, 0) is 26.0 Å². The number of halogens is 2. The number of hydrogen-bond acceptors (Lipinski definition) is 3. The fraction of sp³-hybridized carbons (Fsp3) is 0.231. The molecule has 3 nitrogen and oxygen atoms in total. The van der Waals surface area contributed by atoms with Gasteiger partial charge in [-0.3, -0.25) is 4.98 Å². The lowest BCUT2D eigenvalue weighted by Crippen LogP contribution is -2.12. The van der Waals surface area contributed by atoms with Gasteiger partial charge in [0.1, 0.15) is 11.5 Å². The van der Waals surface area contributed by atoms with E-state index in [1.54, 1.807) is 0 Å². The summed E-state index contributed by atoms with van der Waals surface area (Å²) in [6, 6.07) is 4.94. The van der Waals surface area contributed by atoms with E-state index in [1.165, 1.54) is 18.5 Å². The smallest absolute Gasteiger partial charge is 0.166 e. The van der Waals surface area contributed by atoms with E-state index in [2.05, 4.69) is 21.4 Å². The highest BCUT2D eigenvalue weighted by molar-refractivity contribution is 5.60. The molecular formula is C13H12F2N3. The summed E-state index contributed by atoms with van der Waals surface area (Å²) in [6.45, 7) is 3.76. The average Bonchev–Trinajstić information content (AvgIpc) is 2.32. The SMILES string of the molecule is CC(C)Nc1ncc(-c2nc[c]cc2F)cc1F. The average molecular weight is 248 g/mol. The molecule has 0 spiro atoms. The number of rotatable bonds is 3. The standard InChI is InChI=1S/C13H12F2N3/c1-8(2)18-13-11(15)6-9(7-17-13)12-10(14)4-3-5-16-12/h4-8H,1-2H3,(H,17,18). The highest BCUT2D eigenvalue weighted by Crippen LogP contribution is 2.22. The van der Waals surface area contributed by atoms with Gasteiger partial charge in [0.05, 0.1) is 0 Å². The molecule has 1 radical (unpaired) electrons. The van der Waals surface area contributed by atoms with Crippen molar-refractivity contribution in [2.45, 2.75) is 19.9 Å². The molecule has 5 heteroatoms. The Balaban J connectivity index is 2.38. The predicted molar refractivity (Wildman–Crippen MR) is 65.0 cm³/mol. The fourth-order valence-electron chi connectivity index (χ4n) is 1.50. The second-order valence-corrected chi connectivity index (χ2v) is 4.12. The second kappa shape index (κ2) is 5.08. The Bertz CT molecular complexity index is 556. The lowest BCUT2D eigenvalue weighted by atomic mass is 10.2. The first-order chi connectivity index (χ1) is 8.58. The van der Waals surface area contributed by atoms with Crippen molar-refractivity contribution in [1.82, 2.24) is 9.97 Å². The molecular weight excluding hydrogens is 236 g/mol. The molecule has 2 rings (SSSR count). The van der Waals surface area contributed by atoms with Crippen molar-refractivity contribution in [2.75, 3.05) is 5.32 Å². The van der Waals surface area contributed by atoms with E-state index in [4.69, 9.17) is 0 Å². The minimum absolute atomic E-state index is 0.0660. The fourth-order valence-corrected chi connectivity index (χ4v) is 1.50. The van der Waals surface area contributed by atoms with Crippen LogP contribution in [0.5, 0.6) is 0 Å². The third kappa shape index (κ3) is 2.61. The number of nitrogens with one attached hydrogen (secondary N) is 1. The zero-order valence-electron chi connectivity index (χ0n) is 10.0. The first kappa shape index (κ1) is 12.4. The Labute approximate surface area is 104 Å². The summed E-state index contributed by atoms with van der Waals surface area (Å²) in [5, 5.41) is 2.86. The van der Waals surface area contributed by atoms with E-state index in [9.17, 15) is 8.78 Å². The molecule has 0 saturated heterocycles. The number of hydrogen-bond donors (Lipinski definition) is 1. The Hall–Kier alpha value is -2.04. The summed E-state index contributed by atoms with van der Waals surface area (Å²) in [5.74, 6) is -0.935. The molecule has 0 atom stereocenters. The summed E-state index contributed by atoms with van der Waals surface area (Å²) in [5.41, 5.74) is 0.365. The first-order valence-electron chi connectivity index (χ1n) is 5.52. The van der Waals surface area contributed by atoms with Gasteiger partial charge in [0.15, 0.2) is 11.6 Å². The maximum atomic E-state index is 13.7. The lowest BCUT2D eigenvalue weighted by molar-refractivity contribution is 0.617. The second-order valence-electron chi connectivity index (χ2n) is 4.12. The van der Waals surface area contributed by atoms with Gasteiger partial charge in [0.25, 0.3) is 0 Å². The predicted octanol–water partition coefficient (Wildman–Crippen LogP) is 3.04. The van der Waals surface area contributed by atoms with Crippen molar-refractivity contribution in [3.63, 3.8) is 0 Å². The van der Waals surface area contributed by atoms with Gasteiger partial charge in [0, 0.05) is 30.1 Å². The molecule has 2 aromatic rings. The maximum absolute atomic E-state index is 13.7. The molecule has 0 aromatic carbocycles. The third-order valence-electron chi connectivity index (χ3n) is 2.24. The first-order valence-corrected chi connectivity index (χ1v) is 5.52. The van der Waals surface area contributed by atoms with E-state index >= 15 is 0 Å². The van der Waals surface area contributed by atoms with E-state index in [0.717, 1.165) is 6.07 Å². The van der Waals surface area contributed by atoms with Crippen LogP contribution in [0.15, 0.2) is 24.5 Å². The van der Waals surface area contributed by atoms with Gasteiger partial charge in [-0.1, -0.05) is 0 Å². The third-order valence-corrected chi connectivity index (χ3v) is 2.24. The minimum atomic E-state index is -0.553. The van der Waals surface area contributed by atoms with Crippen LogP contribution in [0.1, 0.15) is 13.8 Å². The highest BCUT2D eigenvalue weighted by atomic mass is 19.1. The molecule has 0 aliphatic rings. The Kier molecular flexibility index (Phi) is 3.50. The summed E-state index contributed by atoms with van der Waals surface area (Å²) >= 11 is 0. The molecule has 0 amide bonds. The number of aromatic nitrogens is 2. The normalized spacial score (nSPS) is 10.7. The number of anilines is 1. The van der Waals surface area contributed by atoms with Crippen LogP contribution in [-0.2, 0) is 0 Å². The van der Waals surface area contributed by atoms with E-state index < -0.39 is 11.6 Å². The van der Waals surface area contributed by atoms with Crippen molar-refractivity contribution in [3.05, 3.63) is 42.2 Å². The van der Waals surface area contributed by atoms with Crippen LogP contribution in [-0.4, -0.2) is 16.0 Å². The molecule has 18 heavy (non-hydrogen) atoms. The van der Waals surface area contributed by atoms with E-state index in [0.29, 0.717) is 5.56 Å². The number of nitrogens with zero attached hydrogens (tertiary/aromatic N) is 2. The highest BCUT2D eigenvalue weighted by Gasteiger charge is 2.11. The van der Waals surface area contributed by atoms with Crippen molar-refractivity contribution in [3.8, 4) is 11.3 Å². The van der Waals surface area contributed by atoms with Crippen molar-refractivity contribution in [2.24, 2.45) is 0 Å². The molecule has 2 heterocycles. The van der Waals surface area contributed by atoms with Crippen LogP contribution in [0.25, 0.3) is 11.3 Å². The van der Waals surface area contributed by atoms with Crippen LogP contribution in [0.4, 0.5) is 14.6 Å². The van der Waals surface area contributed by atoms with Gasteiger partial charge in [-0.25, -0.2) is 13.8 Å². The van der Waals surface area contributed by atoms with Gasteiger partial charge < -0.3 is 5.32 Å². The van der Waals surface area contributed by atoms with Gasteiger partial charge >= 0.3 is 0 Å². The van der Waals surface area contributed by atoms with E-state index in [1.807, 2.05) is 13.8 Å². The molecule has 0 aliphatic carbocycles. The van der Waals surface area contributed by atoms with Gasteiger partial charge in [-0.15, -0.1) is 0 Å². The summed E-state index contributed by atoms with van der Waals surface area (Å²) < 4.78 is 27.2. The summed E-state index contributed by atoms with van der Waals surface area (Å²) in [6.07, 6.45) is 2.72. The van der Waals surface area contributed by atoms with Crippen LogP contribution >= 0.6 is 0 Å². The van der Waals surface area contributed by atoms with Crippen molar-refractivity contribution >= 4 is 5.82 Å². The zero-order valence-corrected chi connectivity index (χ0v) is 10.0. The molecule has 0 aliphatic heterocycles. The molecule has 0 bridgehead atoms. The molecule has 2 aromatic heterocycles. The maximum Gasteiger partial charge on any atom is 0.166 e. The lowest BCUT2D eigenvalue weighted by Gasteiger charge is -2.10. The monoisotopic (exact) mass is 248 g/mol. The van der Waals surface area contributed by atoms with Crippen molar-refractivity contribution in [1.29, 1.82) is 0 Å². The summed E-state index contributed by atoms with van der Waals surface area (Å²) in [4.78, 5) is 7.76. The van der Waals surface area contributed by atoms with Crippen LogP contribution in [0.3, 0.4) is 0 Å². The van der Waals surface area contributed by atoms with Crippen LogP contribution < -0.4 is 5.32 Å². The van der Waals surface area contributed by atoms with Crippen molar-refractivity contribution < 1.29 is 8.78 Å². The van der Waals surface area contributed by atoms with Gasteiger partial charge in [0.2, 0.25) is 0 Å². The molecule has 1 N–H and O–H groups in total. The van der Waals surface area contributed by atoms with E-state index in [-0.39, 0.29) is 17.6 Å². The largest absolute Gasteiger partial charge is 0.365 e. The Morgan fingerprint density at radius 2 is 2.00 bits per heavy atom. The van der Waals surface area contributed by atoms with Gasteiger partial charge in [-0.2, -0.15) is 0 Å². The van der Waals surface area contributed by atoms with Crippen LogP contribution in [0.2, 0.25) is 0 Å². The topological polar surface area (TPSA) is 37.8 Å². The quantitative estimate of drug-likeness (QED) is 0.907. The molecule has 93 valence electrons. The minimum Gasteiger partial charge on any atom is -0.365 e. The Morgan fingerprint density at radius 3 is 2.61 bits per heavy atom. The Morgan fingerprint density at radius 1 is 1.22 bits per heavy atom. The molecule has 0 unspecified atom stereocenters. The number of pyridine rings is 2. The van der Waals surface area contributed by atoms with Crippen LogP contribution in [0, 0.1) is 17.7 Å². The zero-order chi connectivity index (χ0) is 13.1. The molecule has 0 fully saturated rings. The summed E-state index contributed by atoms with van der Waals surface area (Å²) in [7, 11) is 0.